The van der Waals surface area contributed by atoms with Crippen LogP contribution in [0.5, 0.6) is 0 Å². The molecule has 2 aromatic carbocycles. The average molecular weight is 360 g/mol. The molecule has 2 aromatic rings. The number of morpholine rings is 1. The van der Waals surface area contributed by atoms with Gasteiger partial charge >= 0.3 is 0 Å². The van der Waals surface area contributed by atoms with E-state index in [4.69, 9.17) is 4.74 Å². The van der Waals surface area contributed by atoms with Crippen molar-refractivity contribution >= 4 is 10.0 Å². The van der Waals surface area contributed by atoms with Crippen molar-refractivity contribution in [3.8, 4) is 0 Å². The molecule has 0 aromatic heterocycles. The Bertz CT molecular complexity index is 755. The van der Waals surface area contributed by atoms with Gasteiger partial charge in [0.2, 0.25) is 10.0 Å². The quantitative estimate of drug-likeness (QED) is 0.821. The minimum absolute atomic E-state index is 0.311. The van der Waals surface area contributed by atoms with E-state index in [2.05, 4.69) is 9.62 Å². The van der Waals surface area contributed by atoms with Crippen LogP contribution < -0.4 is 4.72 Å². The molecule has 1 aliphatic rings. The lowest BCUT2D eigenvalue weighted by atomic mass is 10.2. The highest BCUT2D eigenvalue weighted by Crippen LogP contribution is 2.13. The van der Waals surface area contributed by atoms with E-state index in [1.165, 1.54) is 0 Å². The summed E-state index contributed by atoms with van der Waals surface area (Å²) in [7, 11) is -3.46. The Kier molecular flexibility index (Phi) is 6.20. The number of ether oxygens (including phenoxy) is 1. The predicted octanol–water partition coefficient (Wildman–Crippen LogP) is 2.04. The third kappa shape index (κ3) is 5.37. The second-order valence-electron chi connectivity index (χ2n) is 6.17. The van der Waals surface area contributed by atoms with Gasteiger partial charge in [-0.15, -0.1) is 0 Å². The van der Waals surface area contributed by atoms with Crippen molar-refractivity contribution in [1.82, 2.24) is 9.62 Å². The number of rotatable bonds is 7. The molecular formula is C19H24N2O3S. The molecule has 1 heterocycles. The Morgan fingerprint density at radius 2 is 1.60 bits per heavy atom. The lowest BCUT2D eigenvalue weighted by Crippen LogP contribution is -2.35. The van der Waals surface area contributed by atoms with Crippen molar-refractivity contribution in [2.45, 2.75) is 17.9 Å². The maximum Gasteiger partial charge on any atom is 0.240 e. The molecule has 6 heteroatoms. The largest absolute Gasteiger partial charge is 0.379 e. The fraction of sp³-hybridized carbons (Fsp3) is 0.368. The van der Waals surface area contributed by atoms with Gasteiger partial charge in [0.1, 0.15) is 0 Å². The lowest BCUT2D eigenvalue weighted by molar-refractivity contribution is 0.0342. The number of nitrogens with one attached hydrogen (secondary N) is 1. The first-order valence-electron chi connectivity index (χ1n) is 8.56. The molecular weight excluding hydrogens is 336 g/mol. The van der Waals surface area contributed by atoms with Crippen molar-refractivity contribution in [1.29, 1.82) is 0 Å². The molecule has 0 spiro atoms. The van der Waals surface area contributed by atoms with Crippen LogP contribution in [0.1, 0.15) is 11.1 Å². The number of benzene rings is 2. The molecule has 5 nitrogen and oxygen atoms in total. The summed E-state index contributed by atoms with van der Waals surface area (Å²) in [5, 5.41) is 0. The number of hydrogen-bond donors (Lipinski definition) is 1. The Hall–Kier alpha value is -1.73. The molecule has 1 saturated heterocycles. The molecule has 134 valence electrons. The van der Waals surface area contributed by atoms with E-state index in [0.717, 1.165) is 44.0 Å². The van der Waals surface area contributed by atoms with Gasteiger partial charge in [-0.1, -0.05) is 42.5 Å². The van der Waals surface area contributed by atoms with Gasteiger partial charge in [-0.3, -0.25) is 4.90 Å². The van der Waals surface area contributed by atoms with E-state index < -0.39 is 10.0 Å². The van der Waals surface area contributed by atoms with Crippen LogP contribution in [-0.2, 0) is 27.7 Å². The minimum atomic E-state index is -3.46. The SMILES string of the molecule is O=S(=O)(NCCc1ccccc1)c1ccc(CN2CCOCC2)cc1. The van der Waals surface area contributed by atoms with Gasteiger partial charge < -0.3 is 4.74 Å². The molecule has 0 radical (unpaired) electrons. The van der Waals surface area contributed by atoms with E-state index in [1.54, 1.807) is 12.1 Å². The topological polar surface area (TPSA) is 58.6 Å². The zero-order valence-corrected chi connectivity index (χ0v) is 15.0. The molecule has 25 heavy (non-hydrogen) atoms. The zero-order chi connectivity index (χ0) is 17.5. The minimum Gasteiger partial charge on any atom is -0.379 e. The summed E-state index contributed by atoms with van der Waals surface area (Å²) in [6, 6.07) is 17.0. The van der Waals surface area contributed by atoms with Gasteiger partial charge in [0.25, 0.3) is 0 Å². The van der Waals surface area contributed by atoms with Crippen LogP contribution in [0.2, 0.25) is 0 Å². The summed E-state index contributed by atoms with van der Waals surface area (Å²) in [6.07, 6.45) is 0.676. The average Bonchev–Trinajstić information content (AvgIpc) is 2.64. The molecule has 0 atom stereocenters. The Morgan fingerprint density at radius 3 is 2.28 bits per heavy atom. The first kappa shape index (κ1) is 18.1. The van der Waals surface area contributed by atoms with Gasteiger partial charge in [-0.05, 0) is 29.7 Å². The van der Waals surface area contributed by atoms with Gasteiger partial charge in [-0.25, -0.2) is 13.1 Å². The van der Waals surface area contributed by atoms with Crippen LogP contribution in [0.15, 0.2) is 59.5 Å². The Balaban J connectivity index is 1.54. The monoisotopic (exact) mass is 360 g/mol. The lowest BCUT2D eigenvalue weighted by Gasteiger charge is -2.26. The van der Waals surface area contributed by atoms with Crippen molar-refractivity contribution in [2.24, 2.45) is 0 Å². The first-order chi connectivity index (χ1) is 12.1. The van der Waals surface area contributed by atoms with Crippen LogP contribution >= 0.6 is 0 Å². The summed E-state index contributed by atoms with van der Waals surface area (Å²) >= 11 is 0. The summed E-state index contributed by atoms with van der Waals surface area (Å²) < 4.78 is 32.8. The summed E-state index contributed by atoms with van der Waals surface area (Å²) in [4.78, 5) is 2.62. The Labute approximate surface area is 149 Å². The van der Waals surface area contributed by atoms with Crippen molar-refractivity contribution < 1.29 is 13.2 Å². The van der Waals surface area contributed by atoms with Crippen LogP contribution in [0.25, 0.3) is 0 Å². The molecule has 1 aliphatic heterocycles. The normalized spacial score (nSPS) is 16.0. The van der Waals surface area contributed by atoms with E-state index in [0.29, 0.717) is 17.9 Å². The fourth-order valence-electron chi connectivity index (χ4n) is 2.85. The van der Waals surface area contributed by atoms with Crippen molar-refractivity contribution in [3.05, 3.63) is 65.7 Å². The molecule has 0 amide bonds. The summed E-state index contributed by atoms with van der Waals surface area (Å²) in [6.45, 7) is 4.57. The predicted molar refractivity (Wildman–Crippen MR) is 97.9 cm³/mol. The van der Waals surface area contributed by atoms with Gasteiger partial charge in [-0.2, -0.15) is 0 Å². The van der Waals surface area contributed by atoms with E-state index in [9.17, 15) is 8.42 Å². The highest BCUT2D eigenvalue weighted by Gasteiger charge is 2.14. The first-order valence-corrected chi connectivity index (χ1v) is 10.0. The third-order valence-electron chi connectivity index (χ3n) is 4.29. The van der Waals surface area contributed by atoms with Crippen LogP contribution in [0.4, 0.5) is 0 Å². The molecule has 3 rings (SSSR count). The van der Waals surface area contributed by atoms with Crippen molar-refractivity contribution in [2.75, 3.05) is 32.8 Å². The Morgan fingerprint density at radius 1 is 0.920 bits per heavy atom. The summed E-state index contributed by atoms with van der Waals surface area (Å²) in [5.41, 5.74) is 2.23. The van der Waals surface area contributed by atoms with Crippen LogP contribution in [0, 0.1) is 0 Å². The summed E-state index contributed by atoms with van der Waals surface area (Å²) in [5.74, 6) is 0. The van der Waals surface area contributed by atoms with Gasteiger partial charge in [0.15, 0.2) is 0 Å². The number of hydrogen-bond acceptors (Lipinski definition) is 4. The molecule has 1 N–H and O–H groups in total. The zero-order valence-electron chi connectivity index (χ0n) is 14.2. The van der Waals surface area contributed by atoms with Crippen LogP contribution in [0.3, 0.4) is 0 Å². The fourth-order valence-corrected chi connectivity index (χ4v) is 3.88. The van der Waals surface area contributed by atoms with E-state index in [1.807, 2.05) is 42.5 Å². The van der Waals surface area contributed by atoms with Crippen LogP contribution in [-0.4, -0.2) is 46.2 Å². The number of nitrogens with zero attached hydrogens (tertiary/aromatic N) is 1. The van der Waals surface area contributed by atoms with Crippen molar-refractivity contribution in [3.63, 3.8) is 0 Å². The standard InChI is InChI=1S/C19H24N2O3S/c22-25(23,20-11-10-17-4-2-1-3-5-17)19-8-6-18(7-9-19)16-21-12-14-24-15-13-21/h1-9,20H,10-16H2. The molecule has 1 fully saturated rings. The van der Waals surface area contributed by atoms with E-state index >= 15 is 0 Å². The maximum absolute atomic E-state index is 12.4. The van der Waals surface area contributed by atoms with Gasteiger partial charge in [0.05, 0.1) is 18.1 Å². The second-order valence-corrected chi connectivity index (χ2v) is 7.93. The molecule has 0 bridgehead atoms. The maximum atomic E-state index is 12.4. The molecule has 0 saturated carbocycles. The number of sulfonamides is 1. The molecule has 0 unspecified atom stereocenters. The third-order valence-corrected chi connectivity index (χ3v) is 5.77. The molecule has 0 aliphatic carbocycles. The second kappa shape index (κ2) is 8.58. The highest BCUT2D eigenvalue weighted by atomic mass is 32.2. The highest BCUT2D eigenvalue weighted by molar-refractivity contribution is 7.89. The van der Waals surface area contributed by atoms with E-state index in [-0.39, 0.29) is 0 Å². The smallest absolute Gasteiger partial charge is 0.240 e. The van der Waals surface area contributed by atoms with Gasteiger partial charge in [0, 0.05) is 26.2 Å².